The van der Waals surface area contributed by atoms with Gasteiger partial charge < -0.3 is 10.4 Å². The van der Waals surface area contributed by atoms with Crippen molar-refractivity contribution in [3.8, 4) is 0 Å². The number of benzene rings is 1. The molecular weight excluding hydrogens is 226 g/mol. The van der Waals surface area contributed by atoms with Crippen LogP contribution in [0.1, 0.15) is 30.9 Å². The molecule has 0 heterocycles. The fraction of sp³-hybridized carbons (Fsp3) is 0.400. The molecule has 2 N–H and O–H groups in total. The van der Waals surface area contributed by atoms with E-state index in [4.69, 9.17) is 0 Å². The monoisotopic (exact) mass is 247 g/mol. The molecule has 1 aromatic carbocycles. The van der Waals surface area contributed by atoms with Crippen molar-refractivity contribution < 1.29 is 9.90 Å². The minimum atomic E-state index is -0.327. The van der Waals surface area contributed by atoms with Gasteiger partial charge >= 0.3 is 0 Å². The molecule has 0 bridgehead atoms. The third-order valence-electron chi connectivity index (χ3n) is 2.75. The summed E-state index contributed by atoms with van der Waals surface area (Å²) in [7, 11) is 0. The normalized spacial score (nSPS) is 12.6. The van der Waals surface area contributed by atoms with E-state index < -0.39 is 0 Å². The number of rotatable bonds is 6. The zero-order valence-electron chi connectivity index (χ0n) is 11.0. The first kappa shape index (κ1) is 14.5. The second-order valence-electron chi connectivity index (χ2n) is 4.39. The summed E-state index contributed by atoms with van der Waals surface area (Å²) >= 11 is 0. The Morgan fingerprint density at radius 1 is 1.39 bits per heavy atom. The van der Waals surface area contributed by atoms with Gasteiger partial charge in [-0.3, -0.25) is 4.79 Å². The Bertz CT molecular complexity index is 395. The molecule has 0 saturated carbocycles. The predicted molar refractivity (Wildman–Crippen MR) is 74.1 cm³/mol. The number of amides is 1. The van der Waals surface area contributed by atoms with Crippen molar-refractivity contribution in [1.29, 1.82) is 0 Å². The number of hydrogen-bond donors (Lipinski definition) is 2. The number of carbonyl (C=O) groups excluding carboxylic acids is 1. The molecule has 0 aliphatic heterocycles. The Labute approximate surface area is 109 Å². The molecule has 1 amide bonds. The molecule has 0 aliphatic carbocycles. The molecular formula is C15H21NO2. The van der Waals surface area contributed by atoms with E-state index in [2.05, 4.69) is 5.32 Å². The highest BCUT2D eigenvalue weighted by atomic mass is 16.3. The van der Waals surface area contributed by atoms with Gasteiger partial charge in [-0.25, -0.2) is 0 Å². The molecule has 0 radical (unpaired) electrons. The average molecular weight is 247 g/mol. The highest BCUT2D eigenvalue weighted by Crippen LogP contribution is 2.04. The smallest absolute Gasteiger partial charge is 0.244 e. The van der Waals surface area contributed by atoms with Gasteiger partial charge in [0.05, 0.1) is 6.10 Å². The first-order valence-corrected chi connectivity index (χ1v) is 6.32. The zero-order valence-corrected chi connectivity index (χ0v) is 11.0. The molecule has 18 heavy (non-hydrogen) atoms. The number of nitrogens with one attached hydrogen (secondary N) is 1. The quantitative estimate of drug-likeness (QED) is 0.758. The maximum Gasteiger partial charge on any atom is 0.244 e. The number of aliphatic hydroxyl groups excluding tert-OH is 1. The fourth-order valence-corrected chi connectivity index (χ4v) is 1.47. The molecule has 3 heteroatoms. The molecule has 0 fully saturated rings. The molecule has 0 aliphatic rings. The molecule has 0 saturated heterocycles. The molecule has 3 nitrogen and oxygen atoms in total. The van der Waals surface area contributed by atoms with Gasteiger partial charge in [-0.2, -0.15) is 0 Å². The van der Waals surface area contributed by atoms with Crippen molar-refractivity contribution in [1.82, 2.24) is 5.32 Å². The SMILES string of the molecule is CCC(O)CCNC(=O)/C=C/c1ccc(C)cc1. The number of aliphatic hydroxyl groups is 1. The largest absolute Gasteiger partial charge is 0.393 e. The summed E-state index contributed by atoms with van der Waals surface area (Å²) in [5.74, 6) is -0.126. The van der Waals surface area contributed by atoms with Gasteiger partial charge in [0.25, 0.3) is 0 Å². The van der Waals surface area contributed by atoms with E-state index in [1.165, 1.54) is 11.6 Å². The summed E-state index contributed by atoms with van der Waals surface area (Å²) in [6, 6.07) is 7.96. The van der Waals surface area contributed by atoms with Crippen LogP contribution in [0.2, 0.25) is 0 Å². The van der Waals surface area contributed by atoms with Crippen LogP contribution in [0.5, 0.6) is 0 Å². The Kier molecular flexibility index (Phi) is 6.15. The van der Waals surface area contributed by atoms with E-state index >= 15 is 0 Å². The van der Waals surface area contributed by atoms with Crippen LogP contribution in [0.4, 0.5) is 0 Å². The third-order valence-corrected chi connectivity index (χ3v) is 2.75. The molecule has 1 atom stereocenters. The van der Waals surface area contributed by atoms with E-state index in [1.54, 1.807) is 6.08 Å². The van der Waals surface area contributed by atoms with Crippen LogP contribution in [-0.2, 0) is 4.79 Å². The molecule has 0 aromatic heterocycles. The lowest BCUT2D eigenvalue weighted by molar-refractivity contribution is -0.116. The van der Waals surface area contributed by atoms with Crippen LogP contribution < -0.4 is 5.32 Å². The predicted octanol–water partition coefficient (Wildman–Crippen LogP) is 2.29. The van der Waals surface area contributed by atoms with Crippen LogP contribution in [0.15, 0.2) is 30.3 Å². The van der Waals surface area contributed by atoms with Crippen LogP contribution in [0.25, 0.3) is 6.08 Å². The lowest BCUT2D eigenvalue weighted by Gasteiger charge is -2.07. The first-order valence-electron chi connectivity index (χ1n) is 6.32. The minimum absolute atomic E-state index is 0.126. The van der Waals surface area contributed by atoms with Crippen LogP contribution in [0, 0.1) is 6.92 Å². The minimum Gasteiger partial charge on any atom is -0.393 e. The van der Waals surface area contributed by atoms with Crippen LogP contribution >= 0.6 is 0 Å². The summed E-state index contributed by atoms with van der Waals surface area (Å²) in [6.45, 7) is 4.45. The Balaban J connectivity index is 2.33. The van der Waals surface area contributed by atoms with E-state index in [9.17, 15) is 9.90 Å². The summed E-state index contributed by atoms with van der Waals surface area (Å²) < 4.78 is 0. The zero-order chi connectivity index (χ0) is 13.4. The van der Waals surface area contributed by atoms with Gasteiger partial charge in [-0.05, 0) is 31.4 Å². The molecule has 98 valence electrons. The highest BCUT2D eigenvalue weighted by molar-refractivity contribution is 5.91. The van der Waals surface area contributed by atoms with E-state index in [-0.39, 0.29) is 12.0 Å². The number of aryl methyl sites for hydroxylation is 1. The van der Waals surface area contributed by atoms with Gasteiger partial charge in [0.2, 0.25) is 5.91 Å². The van der Waals surface area contributed by atoms with Crippen LogP contribution in [0.3, 0.4) is 0 Å². The van der Waals surface area contributed by atoms with Crippen molar-refractivity contribution in [2.75, 3.05) is 6.54 Å². The second kappa shape index (κ2) is 7.67. The van der Waals surface area contributed by atoms with Gasteiger partial charge in [0.15, 0.2) is 0 Å². The van der Waals surface area contributed by atoms with Crippen molar-refractivity contribution in [3.63, 3.8) is 0 Å². The summed E-state index contributed by atoms with van der Waals surface area (Å²) in [6.07, 6.45) is 4.29. The molecule has 0 spiro atoms. The first-order chi connectivity index (χ1) is 8.61. The lowest BCUT2D eigenvalue weighted by Crippen LogP contribution is -2.25. The summed E-state index contributed by atoms with van der Waals surface area (Å²) in [5.41, 5.74) is 2.20. The number of carbonyl (C=O) groups is 1. The highest BCUT2D eigenvalue weighted by Gasteiger charge is 2.01. The van der Waals surface area contributed by atoms with E-state index in [1.807, 2.05) is 38.1 Å². The fourth-order valence-electron chi connectivity index (χ4n) is 1.47. The van der Waals surface area contributed by atoms with Crippen molar-refractivity contribution in [3.05, 3.63) is 41.5 Å². The molecule has 1 unspecified atom stereocenters. The summed E-state index contributed by atoms with van der Waals surface area (Å²) in [4.78, 5) is 11.5. The van der Waals surface area contributed by atoms with Crippen molar-refractivity contribution in [2.24, 2.45) is 0 Å². The van der Waals surface area contributed by atoms with E-state index in [0.29, 0.717) is 13.0 Å². The lowest BCUT2D eigenvalue weighted by atomic mass is 10.1. The Morgan fingerprint density at radius 2 is 2.06 bits per heavy atom. The summed E-state index contributed by atoms with van der Waals surface area (Å²) in [5, 5.41) is 12.1. The van der Waals surface area contributed by atoms with Crippen molar-refractivity contribution >= 4 is 12.0 Å². The topological polar surface area (TPSA) is 49.3 Å². The average Bonchev–Trinajstić information content (AvgIpc) is 2.38. The van der Waals surface area contributed by atoms with E-state index in [0.717, 1.165) is 12.0 Å². The Morgan fingerprint density at radius 3 is 2.67 bits per heavy atom. The molecule has 1 rings (SSSR count). The second-order valence-corrected chi connectivity index (χ2v) is 4.39. The van der Waals surface area contributed by atoms with Gasteiger partial charge in [-0.15, -0.1) is 0 Å². The molecule has 1 aromatic rings. The van der Waals surface area contributed by atoms with Crippen LogP contribution in [-0.4, -0.2) is 23.7 Å². The van der Waals surface area contributed by atoms with Gasteiger partial charge in [-0.1, -0.05) is 36.8 Å². The number of hydrogen-bond acceptors (Lipinski definition) is 2. The van der Waals surface area contributed by atoms with Gasteiger partial charge in [0.1, 0.15) is 0 Å². The van der Waals surface area contributed by atoms with Crippen molar-refractivity contribution in [2.45, 2.75) is 32.8 Å². The Hall–Kier alpha value is -1.61. The standard InChI is InChI=1S/C15H21NO2/c1-3-14(17)10-11-16-15(18)9-8-13-6-4-12(2)5-7-13/h4-9,14,17H,3,10-11H2,1-2H3,(H,16,18)/b9-8+. The maximum atomic E-state index is 11.5. The van der Waals surface area contributed by atoms with Gasteiger partial charge in [0, 0.05) is 12.6 Å². The maximum absolute atomic E-state index is 11.5. The third kappa shape index (κ3) is 5.64.